The van der Waals surface area contributed by atoms with Crippen LogP contribution in [0.25, 0.3) is 0 Å². The lowest BCUT2D eigenvalue weighted by Crippen LogP contribution is -2.53. The first-order chi connectivity index (χ1) is 11.8. The highest BCUT2D eigenvalue weighted by molar-refractivity contribution is 6.30. The molecule has 0 aliphatic carbocycles. The number of fused-ring (bicyclic) bond motifs is 2. The minimum atomic E-state index is -4.63. The van der Waals surface area contributed by atoms with E-state index in [4.69, 9.17) is 11.6 Å². The standard InChI is InChI=1S/C17H17ClF3N3O/c1-2-6-22-9-16(17(19,20)21)11-5-7-23-15(25)14(11)24-13-4-3-10(18)8-12(13)16/h3-5,7-8,22,24H,2,6,9H2,1H3,(H,23,25). The molecule has 1 aromatic carbocycles. The molecular weight excluding hydrogens is 355 g/mol. The van der Waals surface area contributed by atoms with E-state index in [2.05, 4.69) is 15.6 Å². The van der Waals surface area contributed by atoms with Crippen molar-refractivity contribution < 1.29 is 13.2 Å². The molecule has 0 bridgehead atoms. The zero-order valence-electron chi connectivity index (χ0n) is 13.4. The number of pyridine rings is 1. The summed E-state index contributed by atoms with van der Waals surface area (Å²) in [7, 11) is 0. The molecule has 1 atom stereocenters. The van der Waals surface area contributed by atoms with E-state index in [0.29, 0.717) is 13.0 Å². The van der Waals surface area contributed by atoms with Crippen LogP contribution in [0, 0.1) is 0 Å². The second kappa shape index (κ2) is 6.38. The van der Waals surface area contributed by atoms with Crippen molar-refractivity contribution in [1.82, 2.24) is 10.3 Å². The second-order valence-electron chi connectivity index (χ2n) is 5.99. The van der Waals surface area contributed by atoms with Crippen molar-refractivity contribution in [2.24, 2.45) is 0 Å². The largest absolute Gasteiger partial charge is 0.403 e. The van der Waals surface area contributed by atoms with Crippen LogP contribution < -0.4 is 16.2 Å². The van der Waals surface area contributed by atoms with Crippen LogP contribution in [0.5, 0.6) is 0 Å². The molecule has 134 valence electrons. The Morgan fingerprint density at radius 1 is 1.24 bits per heavy atom. The van der Waals surface area contributed by atoms with Crippen LogP contribution in [0.1, 0.15) is 24.5 Å². The van der Waals surface area contributed by atoms with E-state index >= 15 is 0 Å². The third kappa shape index (κ3) is 2.81. The van der Waals surface area contributed by atoms with Crippen molar-refractivity contribution in [1.29, 1.82) is 0 Å². The highest BCUT2D eigenvalue weighted by Gasteiger charge is 2.60. The van der Waals surface area contributed by atoms with Crippen LogP contribution in [0.4, 0.5) is 24.5 Å². The molecule has 0 saturated carbocycles. The number of alkyl halides is 3. The van der Waals surface area contributed by atoms with Crippen LogP contribution in [0.15, 0.2) is 35.3 Å². The van der Waals surface area contributed by atoms with Gasteiger partial charge in [0, 0.05) is 29.0 Å². The predicted octanol–water partition coefficient (Wildman–Crippen LogP) is 3.93. The molecule has 3 N–H and O–H groups in total. The van der Waals surface area contributed by atoms with Crippen LogP contribution in [0.2, 0.25) is 5.02 Å². The first-order valence-corrected chi connectivity index (χ1v) is 8.25. The van der Waals surface area contributed by atoms with E-state index in [1.807, 2.05) is 6.92 Å². The van der Waals surface area contributed by atoms with Gasteiger partial charge in [-0.3, -0.25) is 4.79 Å². The number of hydrogen-bond donors (Lipinski definition) is 3. The second-order valence-corrected chi connectivity index (χ2v) is 6.43. The Kier molecular flexibility index (Phi) is 4.55. The molecule has 0 spiro atoms. The van der Waals surface area contributed by atoms with Gasteiger partial charge in [-0.05, 0) is 42.8 Å². The summed E-state index contributed by atoms with van der Waals surface area (Å²) in [5.41, 5.74) is -2.92. The van der Waals surface area contributed by atoms with Gasteiger partial charge in [0.1, 0.15) is 11.1 Å². The van der Waals surface area contributed by atoms with Gasteiger partial charge in [0.25, 0.3) is 5.56 Å². The van der Waals surface area contributed by atoms with Gasteiger partial charge in [0.15, 0.2) is 0 Å². The van der Waals surface area contributed by atoms with Gasteiger partial charge in [-0.25, -0.2) is 0 Å². The molecule has 25 heavy (non-hydrogen) atoms. The molecule has 2 aromatic rings. The number of hydrogen-bond acceptors (Lipinski definition) is 3. The molecule has 1 aliphatic rings. The third-order valence-corrected chi connectivity index (χ3v) is 4.66. The molecule has 0 amide bonds. The summed E-state index contributed by atoms with van der Waals surface area (Å²) in [4.78, 5) is 14.6. The van der Waals surface area contributed by atoms with Gasteiger partial charge in [0.2, 0.25) is 0 Å². The molecule has 4 nitrogen and oxygen atoms in total. The third-order valence-electron chi connectivity index (χ3n) is 4.42. The summed E-state index contributed by atoms with van der Waals surface area (Å²) in [6, 6.07) is 5.58. The van der Waals surface area contributed by atoms with E-state index in [-0.39, 0.29) is 34.1 Å². The summed E-state index contributed by atoms with van der Waals surface area (Å²) < 4.78 is 43.3. The topological polar surface area (TPSA) is 56.9 Å². The Morgan fingerprint density at radius 3 is 2.68 bits per heavy atom. The predicted molar refractivity (Wildman–Crippen MR) is 91.8 cm³/mol. The summed E-state index contributed by atoms with van der Waals surface area (Å²) in [6.07, 6.45) is -2.70. The van der Waals surface area contributed by atoms with Crippen LogP contribution in [-0.4, -0.2) is 24.2 Å². The lowest BCUT2D eigenvalue weighted by molar-refractivity contribution is -0.177. The molecular formula is C17H17ClF3N3O. The molecule has 0 saturated heterocycles. The van der Waals surface area contributed by atoms with Gasteiger partial charge in [-0.1, -0.05) is 18.5 Å². The fourth-order valence-electron chi connectivity index (χ4n) is 3.27. The summed E-state index contributed by atoms with van der Waals surface area (Å²) >= 11 is 5.99. The van der Waals surface area contributed by atoms with Crippen LogP contribution in [-0.2, 0) is 5.41 Å². The molecule has 1 aliphatic heterocycles. The zero-order valence-corrected chi connectivity index (χ0v) is 14.2. The number of rotatable bonds is 4. The van der Waals surface area contributed by atoms with Crippen LogP contribution >= 0.6 is 11.6 Å². The van der Waals surface area contributed by atoms with E-state index in [1.165, 1.54) is 30.5 Å². The maximum Gasteiger partial charge on any atom is 0.403 e. The summed E-state index contributed by atoms with van der Waals surface area (Å²) in [6.45, 7) is 1.93. The van der Waals surface area contributed by atoms with Crippen molar-refractivity contribution in [3.63, 3.8) is 0 Å². The van der Waals surface area contributed by atoms with Crippen molar-refractivity contribution in [3.05, 3.63) is 57.0 Å². The monoisotopic (exact) mass is 371 g/mol. The average Bonchev–Trinajstić information content (AvgIpc) is 2.54. The maximum absolute atomic E-state index is 14.4. The first-order valence-electron chi connectivity index (χ1n) is 7.88. The van der Waals surface area contributed by atoms with Gasteiger partial charge in [0.05, 0.1) is 0 Å². The smallest absolute Gasteiger partial charge is 0.351 e. The Balaban J connectivity index is 2.33. The Labute approximate surface area is 147 Å². The number of benzene rings is 1. The highest BCUT2D eigenvalue weighted by atomic mass is 35.5. The average molecular weight is 372 g/mol. The minimum absolute atomic E-state index is 0.00852. The van der Waals surface area contributed by atoms with E-state index in [0.717, 1.165) is 0 Å². The Morgan fingerprint density at radius 2 is 2.00 bits per heavy atom. The normalized spacial score (nSPS) is 19.1. The van der Waals surface area contributed by atoms with E-state index < -0.39 is 17.2 Å². The Hall–Kier alpha value is -1.99. The molecule has 0 fully saturated rings. The van der Waals surface area contributed by atoms with Crippen molar-refractivity contribution >= 4 is 23.0 Å². The SMILES string of the molecule is CCCNCC1(C(F)(F)F)c2cc(Cl)ccc2Nc2c1cc[nH]c2=O. The van der Waals surface area contributed by atoms with Gasteiger partial charge in [-0.2, -0.15) is 13.2 Å². The van der Waals surface area contributed by atoms with Crippen LogP contribution in [0.3, 0.4) is 0 Å². The molecule has 0 radical (unpaired) electrons. The lowest BCUT2D eigenvalue weighted by Gasteiger charge is -2.42. The van der Waals surface area contributed by atoms with E-state index in [9.17, 15) is 18.0 Å². The quantitative estimate of drug-likeness (QED) is 0.714. The van der Waals surface area contributed by atoms with Gasteiger partial charge in [-0.15, -0.1) is 0 Å². The van der Waals surface area contributed by atoms with Crippen molar-refractivity contribution in [2.45, 2.75) is 24.9 Å². The number of halogens is 4. The molecule has 1 unspecified atom stereocenters. The van der Waals surface area contributed by atoms with Gasteiger partial charge >= 0.3 is 6.18 Å². The number of nitrogens with one attached hydrogen (secondary N) is 3. The fraction of sp³-hybridized carbons (Fsp3) is 0.353. The fourth-order valence-corrected chi connectivity index (χ4v) is 3.44. The minimum Gasteiger partial charge on any atom is -0.351 e. The van der Waals surface area contributed by atoms with E-state index in [1.54, 1.807) is 0 Å². The molecule has 8 heteroatoms. The first kappa shape index (κ1) is 17.8. The van der Waals surface area contributed by atoms with Gasteiger partial charge < -0.3 is 15.6 Å². The molecule has 1 aromatic heterocycles. The number of aromatic nitrogens is 1. The maximum atomic E-state index is 14.4. The summed E-state index contributed by atoms with van der Waals surface area (Å²) in [5.74, 6) is 0. The number of H-pyrrole nitrogens is 1. The number of anilines is 2. The molecule has 2 heterocycles. The lowest BCUT2D eigenvalue weighted by atomic mass is 9.70. The Bertz CT molecular complexity index is 850. The summed E-state index contributed by atoms with van der Waals surface area (Å²) in [5, 5.41) is 5.90. The highest BCUT2D eigenvalue weighted by Crippen LogP contribution is 2.53. The number of aromatic amines is 1. The molecule has 3 rings (SSSR count). The van der Waals surface area contributed by atoms with Crippen molar-refractivity contribution in [3.8, 4) is 0 Å². The zero-order chi connectivity index (χ0) is 18.2. The van der Waals surface area contributed by atoms with Crippen molar-refractivity contribution in [2.75, 3.05) is 18.4 Å².